The Labute approximate surface area is 94.8 Å². The van der Waals surface area contributed by atoms with Gasteiger partial charge in [-0.15, -0.1) is 0 Å². The van der Waals surface area contributed by atoms with Crippen LogP contribution in [0.2, 0.25) is 5.54 Å². The molecule has 0 aliphatic rings. The van der Waals surface area contributed by atoms with Crippen molar-refractivity contribution < 1.29 is 14.0 Å². The van der Waals surface area contributed by atoms with Gasteiger partial charge < -0.3 is 9.16 Å². The van der Waals surface area contributed by atoms with Crippen molar-refractivity contribution in [3.63, 3.8) is 0 Å². The van der Waals surface area contributed by atoms with Crippen molar-refractivity contribution in [1.29, 1.82) is 0 Å². The van der Waals surface area contributed by atoms with Crippen LogP contribution in [0.1, 0.15) is 33.6 Å². The van der Waals surface area contributed by atoms with Gasteiger partial charge in [0.2, 0.25) is 0 Å². The zero-order valence-corrected chi connectivity index (χ0v) is 11.5. The molecule has 0 aromatic heterocycles. The van der Waals surface area contributed by atoms with Crippen molar-refractivity contribution in [2.45, 2.75) is 39.2 Å². The van der Waals surface area contributed by atoms with Crippen LogP contribution in [0, 0.1) is 0 Å². The molecule has 0 radical (unpaired) electrons. The average Bonchev–Trinajstić information content (AvgIpc) is 2.22. The predicted octanol–water partition coefficient (Wildman–Crippen LogP) is 1.81. The maximum atomic E-state index is 11.1. The third-order valence-corrected chi connectivity index (χ3v) is 4.34. The van der Waals surface area contributed by atoms with Crippen LogP contribution in [-0.4, -0.2) is 28.9 Å². The molecule has 0 heterocycles. The fourth-order valence-electron chi connectivity index (χ4n) is 1.13. The van der Waals surface area contributed by atoms with Gasteiger partial charge in [0.1, 0.15) is 0 Å². The largest absolute Gasteiger partial charge is 0.462 e. The molecule has 0 saturated carbocycles. The summed E-state index contributed by atoms with van der Waals surface area (Å²) in [5.41, 5.74) is 1.08. The molecule has 0 aliphatic carbocycles. The normalized spacial score (nSPS) is 13.0. The molecule has 1 unspecified atom stereocenters. The lowest BCUT2D eigenvalue weighted by Gasteiger charge is -2.13. The van der Waals surface area contributed by atoms with Gasteiger partial charge in [-0.05, 0) is 25.8 Å². The summed E-state index contributed by atoms with van der Waals surface area (Å²) in [5.74, 6) is -0.289. The lowest BCUT2D eigenvalue weighted by atomic mass is 10.2. The summed E-state index contributed by atoms with van der Waals surface area (Å²) < 4.78 is 10.5. The van der Waals surface area contributed by atoms with E-state index in [9.17, 15) is 4.79 Å². The second-order valence-corrected chi connectivity index (χ2v) is 5.53. The van der Waals surface area contributed by atoms with Crippen molar-refractivity contribution in [1.82, 2.24) is 0 Å². The summed E-state index contributed by atoms with van der Waals surface area (Å²) in [5, 5.41) is 0. The van der Waals surface area contributed by atoms with E-state index in [4.69, 9.17) is 9.16 Å². The second kappa shape index (κ2) is 8.68. The number of ether oxygens (including phenoxy) is 1. The molecule has 0 spiro atoms. The van der Waals surface area contributed by atoms with E-state index in [0.717, 1.165) is 19.4 Å². The highest BCUT2D eigenvalue weighted by Gasteiger charge is 2.09. The zero-order valence-electron chi connectivity index (χ0n) is 10.0. The number of carbonyl (C=O) groups excluding carboxylic acids is 1. The Kier molecular flexibility index (Phi) is 8.32. The summed E-state index contributed by atoms with van der Waals surface area (Å²) in [6, 6.07) is 0. The molecular weight excluding hydrogens is 208 g/mol. The van der Waals surface area contributed by atoms with Crippen LogP contribution in [0.4, 0.5) is 0 Å². The molecule has 15 heavy (non-hydrogen) atoms. The van der Waals surface area contributed by atoms with E-state index in [1.165, 1.54) is 0 Å². The first-order valence-corrected chi connectivity index (χ1v) is 6.91. The Morgan fingerprint density at radius 1 is 1.47 bits per heavy atom. The van der Waals surface area contributed by atoms with E-state index < -0.39 is 9.76 Å². The molecule has 3 nitrogen and oxygen atoms in total. The Bertz CT molecular complexity index is 204. The first kappa shape index (κ1) is 14.4. The van der Waals surface area contributed by atoms with Gasteiger partial charge in [0.05, 0.1) is 6.61 Å². The third-order valence-electron chi connectivity index (χ3n) is 2.24. The molecule has 0 aromatic rings. The smallest absolute Gasteiger partial charge is 0.333 e. The number of carbonyl (C=O) groups is 1. The van der Waals surface area contributed by atoms with E-state index >= 15 is 0 Å². The topological polar surface area (TPSA) is 35.5 Å². The summed E-state index contributed by atoms with van der Waals surface area (Å²) in [4.78, 5) is 11.1. The molecule has 4 heteroatoms. The Hall–Kier alpha value is -0.613. The maximum absolute atomic E-state index is 11.1. The molecule has 0 amide bonds. The van der Waals surface area contributed by atoms with Crippen molar-refractivity contribution in [2.24, 2.45) is 0 Å². The predicted molar refractivity (Wildman–Crippen MR) is 64.6 cm³/mol. The van der Waals surface area contributed by atoms with E-state index in [2.05, 4.69) is 13.5 Å². The van der Waals surface area contributed by atoms with Crippen molar-refractivity contribution in [2.75, 3.05) is 13.2 Å². The number of hydrogen-bond acceptors (Lipinski definition) is 3. The standard InChI is InChI=1S/C11H22O3Si/c1-5-10(15-14-6-2)7-8-13-11(12)9(3)4/h10H,3,5-8,15H2,1-2,4H3. The van der Waals surface area contributed by atoms with Gasteiger partial charge in [0.25, 0.3) is 0 Å². The molecule has 0 fully saturated rings. The molecule has 88 valence electrons. The molecule has 0 aliphatic heterocycles. The lowest BCUT2D eigenvalue weighted by Crippen LogP contribution is -2.13. The third kappa shape index (κ3) is 7.33. The molecule has 0 saturated heterocycles. The van der Waals surface area contributed by atoms with Crippen molar-refractivity contribution in [3.8, 4) is 0 Å². The first-order chi connectivity index (χ1) is 7.11. The Morgan fingerprint density at radius 2 is 2.13 bits per heavy atom. The number of hydrogen-bond donors (Lipinski definition) is 0. The van der Waals surface area contributed by atoms with E-state index in [0.29, 0.717) is 17.7 Å². The summed E-state index contributed by atoms with van der Waals surface area (Å²) in [7, 11) is -0.453. The van der Waals surface area contributed by atoms with Crippen LogP contribution in [0.3, 0.4) is 0 Å². The SMILES string of the molecule is C=C(C)C(=O)OCCC(CC)[SiH2]OCC. The molecule has 0 rings (SSSR count). The van der Waals surface area contributed by atoms with Gasteiger partial charge in [0, 0.05) is 12.2 Å². The zero-order chi connectivity index (χ0) is 11.7. The maximum Gasteiger partial charge on any atom is 0.333 e. The van der Waals surface area contributed by atoms with Gasteiger partial charge in [-0.25, -0.2) is 4.79 Å². The van der Waals surface area contributed by atoms with Crippen LogP contribution in [0.25, 0.3) is 0 Å². The van der Waals surface area contributed by atoms with Gasteiger partial charge >= 0.3 is 5.97 Å². The van der Waals surface area contributed by atoms with E-state index in [1.807, 2.05) is 6.92 Å². The van der Waals surface area contributed by atoms with Gasteiger partial charge in [0.15, 0.2) is 9.76 Å². The fourth-order valence-corrected chi connectivity index (χ4v) is 2.27. The highest BCUT2D eigenvalue weighted by molar-refractivity contribution is 6.29. The van der Waals surface area contributed by atoms with Crippen molar-refractivity contribution in [3.05, 3.63) is 12.2 Å². The van der Waals surface area contributed by atoms with E-state index in [-0.39, 0.29) is 5.97 Å². The number of rotatable bonds is 8. The van der Waals surface area contributed by atoms with Gasteiger partial charge in [-0.2, -0.15) is 0 Å². The number of esters is 1. The monoisotopic (exact) mass is 230 g/mol. The van der Waals surface area contributed by atoms with Crippen LogP contribution in [0.5, 0.6) is 0 Å². The molecule has 0 aromatic carbocycles. The minimum atomic E-state index is -0.453. The van der Waals surface area contributed by atoms with Crippen LogP contribution >= 0.6 is 0 Å². The Balaban J connectivity index is 3.62. The van der Waals surface area contributed by atoms with E-state index in [1.54, 1.807) is 6.92 Å². The molecule has 0 N–H and O–H groups in total. The highest BCUT2D eigenvalue weighted by atomic mass is 28.2. The van der Waals surface area contributed by atoms with Gasteiger partial charge in [-0.3, -0.25) is 0 Å². The fraction of sp³-hybridized carbons (Fsp3) is 0.727. The summed E-state index contributed by atoms with van der Waals surface area (Å²) in [6.07, 6.45) is 2.03. The Morgan fingerprint density at radius 3 is 2.60 bits per heavy atom. The second-order valence-electron chi connectivity index (χ2n) is 3.64. The minimum Gasteiger partial charge on any atom is -0.462 e. The first-order valence-electron chi connectivity index (χ1n) is 5.52. The van der Waals surface area contributed by atoms with Crippen LogP contribution in [-0.2, 0) is 14.0 Å². The van der Waals surface area contributed by atoms with Gasteiger partial charge in [-0.1, -0.05) is 19.9 Å². The van der Waals surface area contributed by atoms with Crippen LogP contribution in [0.15, 0.2) is 12.2 Å². The molecule has 1 atom stereocenters. The van der Waals surface area contributed by atoms with Crippen LogP contribution < -0.4 is 0 Å². The lowest BCUT2D eigenvalue weighted by molar-refractivity contribution is -0.139. The van der Waals surface area contributed by atoms with Crippen molar-refractivity contribution >= 4 is 15.7 Å². The summed E-state index contributed by atoms with van der Waals surface area (Å²) >= 11 is 0. The minimum absolute atomic E-state index is 0.289. The molecule has 0 bridgehead atoms. The average molecular weight is 230 g/mol. The molecular formula is C11H22O3Si. The highest BCUT2D eigenvalue weighted by Crippen LogP contribution is 2.14. The summed E-state index contributed by atoms with van der Waals surface area (Å²) in [6.45, 7) is 10.6. The quantitative estimate of drug-likeness (QED) is 0.362.